The van der Waals surface area contributed by atoms with Crippen molar-refractivity contribution >= 4 is 21.8 Å². The second kappa shape index (κ2) is 9.18. The molecule has 0 aliphatic carbocycles. The van der Waals surface area contributed by atoms with Gasteiger partial charge in [0.05, 0.1) is 18.8 Å². The average Bonchev–Trinajstić information content (AvgIpc) is 2.68. The van der Waals surface area contributed by atoms with Gasteiger partial charge in [0.2, 0.25) is 5.91 Å². The van der Waals surface area contributed by atoms with Crippen molar-refractivity contribution in [2.24, 2.45) is 0 Å². The molecule has 1 amide bonds. The van der Waals surface area contributed by atoms with E-state index in [2.05, 4.69) is 5.32 Å². The lowest BCUT2D eigenvalue weighted by Crippen LogP contribution is -2.51. The van der Waals surface area contributed by atoms with Crippen molar-refractivity contribution in [3.05, 3.63) is 60.2 Å². The van der Waals surface area contributed by atoms with Gasteiger partial charge in [-0.05, 0) is 31.0 Å². The number of hydrogen-bond donors (Lipinski definition) is 1. The van der Waals surface area contributed by atoms with E-state index in [-0.39, 0.29) is 6.54 Å². The molecule has 0 aromatic heterocycles. The molecular weight excluding hydrogens is 378 g/mol. The maximum absolute atomic E-state index is 12.9. The van der Waals surface area contributed by atoms with Crippen LogP contribution in [0.2, 0.25) is 0 Å². The van der Waals surface area contributed by atoms with Crippen LogP contribution in [-0.2, 0) is 21.5 Å². The second-order valence-electron chi connectivity index (χ2n) is 6.49. The van der Waals surface area contributed by atoms with Crippen LogP contribution >= 0.6 is 0 Å². The first kappa shape index (κ1) is 20.3. The second-order valence-corrected chi connectivity index (χ2v) is 8.42. The van der Waals surface area contributed by atoms with Crippen LogP contribution in [0.4, 0.5) is 5.69 Å². The molecule has 7 nitrogen and oxygen atoms in total. The Balaban J connectivity index is 1.67. The van der Waals surface area contributed by atoms with E-state index in [1.165, 1.54) is 8.61 Å². The van der Waals surface area contributed by atoms with E-state index in [1.54, 1.807) is 18.2 Å². The largest absolute Gasteiger partial charge is 0.492 e. The number of nitrogens with one attached hydrogen (secondary N) is 1. The number of carbonyl (C=O) groups excluding carboxylic acids is 1. The molecule has 8 heteroatoms. The van der Waals surface area contributed by atoms with Crippen LogP contribution in [0.25, 0.3) is 0 Å². The summed E-state index contributed by atoms with van der Waals surface area (Å²) in [4.78, 5) is 12.5. The minimum absolute atomic E-state index is 0.228. The van der Waals surface area contributed by atoms with Crippen molar-refractivity contribution in [2.45, 2.75) is 19.9 Å². The number of hydrogen-bond acceptors (Lipinski definition) is 4. The van der Waals surface area contributed by atoms with Crippen molar-refractivity contribution < 1.29 is 17.9 Å². The monoisotopic (exact) mass is 403 g/mol. The smallest absolute Gasteiger partial charge is 0.282 e. The van der Waals surface area contributed by atoms with Crippen molar-refractivity contribution in [3.63, 3.8) is 0 Å². The molecule has 1 fully saturated rings. The van der Waals surface area contributed by atoms with Crippen LogP contribution in [-0.4, -0.2) is 49.2 Å². The molecule has 0 unspecified atom stereocenters. The van der Waals surface area contributed by atoms with Gasteiger partial charge in [-0.3, -0.25) is 4.79 Å². The van der Waals surface area contributed by atoms with Gasteiger partial charge in [-0.1, -0.05) is 42.5 Å². The lowest BCUT2D eigenvalue weighted by Gasteiger charge is -2.34. The number of amides is 1. The molecule has 1 N–H and O–H groups in total. The molecule has 2 aromatic rings. The molecule has 1 aliphatic rings. The van der Waals surface area contributed by atoms with Gasteiger partial charge in [-0.15, -0.1) is 0 Å². The van der Waals surface area contributed by atoms with Crippen LogP contribution in [0.1, 0.15) is 18.9 Å². The van der Waals surface area contributed by atoms with Crippen molar-refractivity contribution in [1.29, 1.82) is 0 Å². The number of carbonyl (C=O) groups is 1. The van der Waals surface area contributed by atoms with Gasteiger partial charge in [0.1, 0.15) is 5.75 Å². The summed E-state index contributed by atoms with van der Waals surface area (Å²) in [5.74, 6) is 0.169. The molecule has 0 saturated carbocycles. The minimum atomic E-state index is -3.70. The Kier molecular flexibility index (Phi) is 6.66. The number of anilines is 1. The molecular formula is C20H25N3O4S. The van der Waals surface area contributed by atoms with Gasteiger partial charge in [0.15, 0.2) is 0 Å². The quantitative estimate of drug-likeness (QED) is 0.770. The van der Waals surface area contributed by atoms with Gasteiger partial charge < -0.3 is 10.1 Å². The molecule has 1 heterocycles. The Morgan fingerprint density at radius 1 is 1.04 bits per heavy atom. The van der Waals surface area contributed by atoms with E-state index >= 15 is 0 Å². The fourth-order valence-electron chi connectivity index (χ4n) is 3.13. The maximum atomic E-state index is 12.9. The molecule has 0 atom stereocenters. The normalized spacial score (nSPS) is 17.2. The van der Waals surface area contributed by atoms with Crippen LogP contribution in [0.5, 0.6) is 5.75 Å². The Hall–Kier alpha value is -2.42. The first-order valence-electron chi connectivity index (χ1n) is 9.31. The summed E-state index contributed by atoms with van der Waals surface area (Å²) < 4.78 is 34.0. The van der Waals surface area contributed by atoms with E-state index in [9.17, 15) is 13.2 Å². The van der Waals surface area contributed by atoms with Crippen molar-refractivity contribution in [2.75, 3.05) is 31.6 Å². The third-order valence-electron chi connectivity index (χ3n) is 4.45. The molecule has 2 aromatic carbocycles. The highest BCUT2D eigenvalue weighted by molar-refractivity contribution is 7.86. The predicted octanol–water partition coefficient (Wildman–Crippen LogP) is 2.48. The summed E-state index contributed by atoms with van der Waals surface area (Å²) >= 11 is 0. The SMILES string of the molecule is CCOc1ccccc1NC(=O)CN1CCCN(Cc2ccccc2)S1(=O)=O. The Bertz CT molecular complexity index is 903. The Morgan fingerprint density at radius 3 is 2.46 bits per heavy atom. The Morgan fingerprint density at radius 2 is 1.71 bits per heavy atom. The zero-order valence-electron chi connectivity index (χ0n) is 15.9. The minimum Gasteiger partial charge on any atom is -0.492 e. The summed E-state index contributed by atoms with van der Waals surface area (Å²) in [5, 5.41) is 2.76. The van der Waals surface area contributed by atoms with Crippen LogP contribution in [0.15, 0.2) is 54.6 Å². The predicted molar refractivity (Wildman–Crippen MR) is 108 cm³/mol. The third-order valence-corrected chi connectivity index (χ3v) is 6.38. The van der Waals surface area contributed by atoms with E-state index in [0.29, 0.717) is 44.1 Å². The zero-order chi connectivity index (χ0) is 20.0. The molecule has 3 rings (SSSR count). The lowest BCUT2D eigenvalue weighted by molar-refractivity contribution is -0.116. The third kappa shape index (κ3) is 4.89. The summed E-state index contributed by atoms with van der Waals surface area (Å²) in [5.41, 5.74) is 1.45. The fraction of sp³-hybridized carbons (Fsp3) is 0.350. The maximum Gasteiger partial charge on any atom is 0.282 e. The number of nitrogens with zero attached hydrogens (tertiary/aromatic N) is 2. The standard InChI is InChI=1S/C20H25N3O4S/c1-2-27-19-12-7-6-11-18(19)21-20(24)16-23-14-8-13-22(28(23,25)26)15-17-9-4-3-5-10-17/h3-7,9-12H,2,8,13-16H2,1H3,(H,21,24). The van der Waals surface area contributed by atoms with Crippen molar-refractivity contribution in [1.82, 2.24) is 8.61 Å². The van der Waals surface area contributed by atoms with Gasteiger partial charge in [-0.25, -0.2) is 0 Å². The van der Waals surface area contributed by atoms with E-state index in [4.69, 9.17) is 4.74 Å². The summed E-state index contributed by atoms with van der Waals surface area (Å²) in [6.07, 6.45) is 0.675. The van der Waals surface area contributed by atoms with E-state index in [1.807, 2.05) is 43.3 Å². The fourth-order valence-corrected chi connectivity index (χ4v) is 4.77. The number of rotatable bonds is 7. The van der Waals surface area contributed by atoms with Gasteiger partial charge in [0, 0.05) is 19.6 Å². The van der Waals surface area contributed by atoms with Crippen LogP contribution in [0.3, 0.4) is 0 Å². The van der Waals surface area contributed by atoms with Gasteiger partial charge in [0.25, 0.3) is 10.2 Å². The van der Waals surface area contributed by atoms with Gasteiger partial charge >= 0.3 is 0 Å². The molecule has 28 heavy (non-hydrogen) atoms. The number of para-hydroxylation sites is 2. The summed E-state index contributed by atoms with van der Waals surface area (Å²) in [6.45, 7) is 3.18. The van der Waals surface area contributed by atoms with Crippen LogP contribution < -0.4 is 10.1 Å². The number of benzene rings is 2. The van der Waals surface area contributed by atoms with E-state index in [0.717, 1.165) is 5.56 Å². The van der Waals surface area contributed by atoms with Crippen molar-refractivity contribution in [3.8, 4) is 5.75 Å². The first-order valence-corrected chi connectivity index (χ1v) is 10.7. The summed E-state index contributed by atoms with van der Waals surface area (Å²) in [7, 11) is -3.70. The van der Waals surface area contributed by atoms with E-state index < -0.39 is 16.1 Å². The molecule has 150 valence electrons. The number of ether oxygens (including phenoxy) is 1. The highest BCUT2D eigenvalue weighted by atomic mass is 32.2. The Labute approximate surface area is 166 Å². The highest BCUT2D eigenvalue weighted by Gasteiger charge is 2.34. The highest BCUT2D eigenvalue weighted by Crippen LogP contribution is 2.24. The molecule has 1 saturated heterocycles. The van der Waals surface area contributed by atoms with Gasteiger partial charge in [-0.2, -0.15) is 17.0 Å². The molecule has 1 aliphatic heterocycles. The lowest BCUT2D eigenvalue weighted by atomic mass is 10.2. The summed E-state index contributed by atoms with van der Waals surface area (Å²) in [6, 6.07) is 16.5. The van der Waals surface area contributed by atoms with Crippen LogP contribution in [0, 0.1) is 0 Å². The first-order chi connectivity index (χ1) is 13.5. The molecule has 0 spiro atoms. The molecule has 0 bridgehead atoms. The molecule has 0 radical (unpaired) electrons. The zero-order valence-corrected chi connectivity index (χ0v) is 16.7. The topological polar surface area (TPSA) is 79.0 Å². The average molecular weight is 404 g/mol.